The van der Waals surface area contributed by atoms with Gasteiger partial charge in [0.05, 0.1) is 11.4 Å². The molecule has 2 N–H and O–H groups in total. The van der Waals surface area contributed by atoms with Gasteiger partial charge in [-0.05, 0) is 66.9 Å². The van der Waals surface area contributed by atoms with E-state index in [1.165, 1.54) is 31.2 Å². The third kappa shape index (κ3) is 4.45. The van der Waals surface area contributed by atoms with Crippen molar-refractivity contribution in [1.29, 1.82) is 0 Å². The van der Waals surface area contributed by atoms with Crippen LogP contribution in [0.15, 0.2) is 54.7 Å². The van der Waals surface area contributed by atoms with Gasteiger partial charge in [0.1, 0.15) is 11.5 Å². The quantitative estimate of drug-likeness (QED) is 0.530. The molecule has 0 aliphatic heterocycles. The van der Waals surface area contributed by atoms with Crippen LogP contribution in [0, 0.1) is 0 Å². The van der Waals surface area contributed by atoms with Crippen molar-refractivity contribution in [3.05, 3.63) is 60.3 Å². The highest BCUT2D eigenvalue weighted by atomic mass is 16.3. The maximum atomic E-state index is 9.56. The van der Waals surface area contributed by atoms with Crippen molar-refractivity contribution in [2.75, 3.05) is 0 Å². The second-order valence-corrected chi connectivity index (χ2v) is 6.67. The van der Waals surface area contributed by atoms with Gasteiger partial charge in [0.2, 0.25) is 0 Å². The zero-order valence-electron chi connectivity index (χ0n) is 15.2. The van der Waals surface area contributed by atoms with E-state index < -0.39 is 0 Å². The molecule has 0 fully saturated rings. The number of benzene rings is 2. The Morgan fingerprint density at radius 1 is 0.808 bits per heavy atom. The lowest BCUT2D eigenvalue weighted by atomic mass is 10.0. The Bertz CT molecular complexity index is 820. The maximum absolute atomic E-state index is 9.56. The average molecular weight is 350 g/mol. The Morgan fingerprint density at radius 3 is 2.08 bits per heavy atom. The van der Waals surface area contributed by atoms with Crippen molar-refractivity contribution in [2.45, 2.75) is 45.4 Å². The Balaban J connectivity index is 1.86. The van der Waals surface area contributed by atoms with Crippen LogP contribution < -0.4 is 0 Å². The molecule has 1 aromatic heterocycles. The normalized spacial score (nSPS) is 11.0. The van der Waals surface area contributed by atoms with Crippen molar-refractivity contribution in [1.82, 2.24) is 9.78 Å². The Labute approximate surface area is 154 Å². The minimum absolute atomic E-state index is 0.246. The Kier molecular flexibility index (Phi) is 5.95. The predicted octanol–water partition coefficient (Wildman–Crippen LogP) is 5.46. The van der Waals surface area contributed by atoms with Crippen molar-refractivity contribution in [3.8, 4) is 28.4 Å². The minimum atomic E-state index is 0.246. The first-order valence-corrected chi connectivity index (χ1v) is 9.34. The summed E-state index contributed by atoms with van der Waals surface area (Å²) in [5.41, 5.74) is 4.08. The van der Waals surface area contributed by atoms with Gasteiger partial charge in [-0.2, -0.15) is 5.10 Å². The third-order valence-corrected chi connectivity index (χ3v) is 4.59. The van der Waals surface area contributed by atoms with Crippen LogP contribution in [0.2, 0.25) is 0 Å². The van der Waals surface area contributed by atoms with Gasteiger partial charge in [0.25, 0.3) is 0 Å². The molecule has 0 aliphatic rings. The van der Waals surface area contributed by atoms with Gasteiger partial charge in [0.15, 0.2) is 0 Å². The summed E-state index contributed by atoms with van der Waals surface area (Å²) < 4.78 is 1.86. The van der Waals surface area contributed by atoms with E-state index in [0.717, 1.165) is 29.8 Å². The lowest BCUT2D eigenvalue weighted by molar-refractivity contribution is 0.475. The van der Waals surface area contributed by atoms with E-state index in [4.69, 9.17) is 5.10 Å². The molecule has 0 radical (unpaired) electrons. The maximum Gasteiger partial charge on any atom is 0.115 e. The fraction of sp³-hybridized carbons (Fsp3) is 0.318. The minimum Gasteiger partial charge on any atom is -0.508 e. The molecule has 0 amide bonds. The zero-order chi connectivity index (χ0) is 18.4. The molecule has 26 heavy (non-hydrogen) atoms. The molecule has 2 aromatic carbocycles. The van der Waals surface area contributed by atoms with E-state index in [9.17, 15) is 10.2 Å². The molecule has 3 rings (SSSR count). The number of rotatable bonds is 8. The van der Waals surface area contributed by atoms with Crippen LogP contribution in [0.5, 0.6) is 11.5 Å². The van der Waals surface area contributed by atoms with Crippen molar-refractivity contribution >= 4 is 0 Å². The lowest BCUT2D eigenvalue weighted by Crippen LogP contribution is -1.94. The number of nitrogens with zero attached hydrogens (tertiary/aromatic N) is 2. The van der Waals surface area contributed by atoms with Gasteiger partial charge in [-0.1, -0.05) is 32.6 Å². The summed E-state index contributed by atoms with van der Waals surface area (Å²) in [6, 6.07) is 14.2. The molecule has 0 atom stereocenters. The summed E-state index contributed by atoms with van der Waals surface area (Å²) in [4.78, 5) is 0. The van der Waals surface area contributed by atoms with Crippen LogP contribution in [0.1, 0.15) is 44.6 Å². The summed E-state index contributed by atoms with van der Waals surface area (Å²) in [6.07, 6.45) is 9.25. The molecule has 3 aromatic rings. The van der Waals surface area contributed by atoms with Gasteiger partial charge < -0.3 is 10.2 Å². The fourth-order valence-corrected chi connectivity index (χ4v) is 3.11. The van der Waals surface area contributed by atoms with Gasteiger partial charge in [-0.25, -0.2) is 4.68 Å². The highest BCUT2D eigenvalue weighted by Crippen LogP contribution is 2.27. The van der Waals surface area contributed by atoms with Crippen LogP contribution in [0.4, 0.5) is 0 Å². The van der Waals surface area contributed by atoms with Gasteiger partial charge in [-0.3, -0.25) is 0 Å². The number of phenols is 2. The molecule has 0 spiro atoms. The molecule has 0 saturated heterocycles. The van der Waals surface area contributed by atoms with E-state index >= 15 is 0 Å². The molecular weight excluding hydrogens is 324 g/mol. The van der Waals surface area contributed by atoms with Gasteiger partial charge in [-0.15, -0.1) is 0 Å². The van der Waals surface area contributed by atoms with Crippen molar-refractivity contribution < 1.29 is 10.2 Å². The number of aromatic hydroxyl groups is 2. The zero-order valence-corrected chi connectivity index (χ0v) is 15.2. The number of aryl methyl sites for hydroxylation is 1. The molecule has 1 heterocycles. The smallest absolute Gasteiger partial charge is 0.115 e. The topological polar surface area (TPSA) is 58.3 Å². The number of unbranched alkanes of at least 4 members (excludes halogenated alkanes) is 4. The van der Waals surface area contributed by atoms with Crippen LogP contribution in [-0.4, -0.2) is 20.0 Å². The molecule has 4 nitrogen and oxygen atoms in total. The van der Waals surface area contributed by atoms with Crippen molar-refractivity contribution in [2.24, 2.45) is 0 Å². The molecular formula is C22H26N2O2. The first-order chi connectivity index (χ1) is 12.7. The average Bonchev–Trinajstić information content (AvgIpc) is 3.07. The predicted molar refractivity (Wildman–Crippen MR) is 105 cm³/mol. The largest absolute Gasteiger partial charge is 0.508 e. The number of phenolic OH excluding ortho intramolecular Hbond substituents is 2. The Hall–Kier alpha value is -2.75. The Morgan fingerprint density at radius 2 is 1.42 bits per heavy atom. The molecule has 0 bridgehead atoms. The van der Waals surface area contributed by atoms with Gasteiger partial charge >= 0.3 is 0 Å². The molecule has 0 aliphatic carbocycles. The first kappa shape index (κ1) is 18.1. The van der Waals surface area contributed by atoms with Crippen LogP contribution in [-0.2, 0) is 6.42 Å². The summed E-state index contributed by atoms with van der Waals surface area (Å²) in [7, 11) is 0. The van der Waals surface area contributed by atoms with E-state index in [1.807, 2.05) is 28.9 Å². The van der Waals surface area contributed by atoms with E-state index in [1.54, 1.807) is 24.3 Å². The van der Waals surface area contributed by atoms with Crippen molar-refractivity contribution in [3.63, 3.8) is 0 Å². The van der Waals surface area contributed by atoms with E-state index in [2.05, 4.69) is 13.1 Å². The second kappa shape index (κ2) is 8.56. The summed E-state index contributed by atoms with van der Waals surface area (Å²) >= 11 is 0. The van der Waals surface area contributed by atoms with Crippen LogP contribution in [0.3, 0.4) is 0 Å². The number of hydrogen-bond acceptors (Lipinski definition) is 3. The fourth-order valence-electron chi connectivity index (χ4n) is 3.11. The molecule has 0 saturated carbocycles. The van der Waals surface area contributed by atoms with E-state index in [-0.39, 0.29) is 11.5 Å². The summed E-state index contributed by atoms with van der Waals surface area (Å²) in [5.74, 6) is 0.503. The highest BCUT2D eigenvalue weighted by molar-refractivity contribution is 5.64. The SMILES string of the molecule is CCCCCCCc1cn(-c2ccc(O)cc2)nc1-c1ccc(O)cc1. The monoisotopic (exact) mass is 350 g/mol. The van der Waals surface area contributed by atoms with Gasteiger partial charge in [0, 0.05) is 11.8 Å². The lowest BCUT2D eigenvalue weighted by Gasteiger charge is -2.03. The number of aromatic nitrogens is 2. The summed E-state index contributed by atoms with van der Waals surface area (Å²) in [5, 5.41) is 23.8. The third-order valence-electron chi connectivity index (χ3n) is 4.59. The summed E-state index contributed by atoms with van der Waals surface area (Å²) in [6.45, 7) is 2.23. The van der Waals surface area contributed by atoms with E-state index in [0.29, 0.717) is 0 Å². The second-order valence-electron chi connectivity index (χ2n) is 6.67. The molecule has 4 heteroatoms. The standard InChI is InChI=1S/C22H26N2O2/c1-2-3-4-5-6-7-18-16-24(19-10-14-21(26)15-11-19)23-22(18)17-8-12-20(25)13-9-17/h8-16,25-26H,2-7H2,1H3. The van der Waals surface area contributed by atoms with Crippen LogP contribution in [0.25, 0.3) is 16.9 Å². The highest BCUT2D eigenvalue weighted by Gasteiger charge is 2.12. The van der Waals surface area contributed by atoms with Crippen LogP contribution >= 0.6 is 0 Å². The molecule has 136 valence electrons. The molecule has 0 unspecified atom stereocenters. The number of hydrogen-bond donors (Lipinski definition) is 2. The first-order valence-electron chi connectivity index (χ1n) is 9.34.